The number of hydrogen-bond acceptors (Lipinski definition) is 5. The van der Waals surface area contributed by atoms with Crippen LogP contribution in [0.3, 0.4) is 0 Å². The summed E-state index contributed by atoms with van der Waals surface area (Å²) in [5, 5.41) is 25.9. The van der Waals surface area contributed by atoms with Crippen LogP contribution in [0.15, 0.2) is 206 Å². The fourth-order valence-corrected chi connectivity index (χ4v) is 16.4. The Morgan fingerprint density at radius 1 is 0.382 bits per heavy atom. The van der Waals surface area contributed by atoms with Crippen LogP contribution in [-0.4, -0.2) is 18.7 Å². The van der Waals surface area contributed by atoms with Gasteiger partial charge in [-0.15, -0.1) is 34.0 Å². The smallest absolute Gasteiger partial charge is 0.237 e. The maximum atomic E-state index is 12.4. The molecule has 0 fully saturated rings. The molecule has 0 saturated heterocycles. The molecule has 0 aliphatic heterocycles. The van der Waals surface area contributed by atoms with Gasteiger partial charge < -0.3 is 13.7 Å². The highest BCUT2D eigenvalue weighted by Crippen LogP contribution is 2.55. The van der Waals surface area contributed by atoms with E-state index in [4.69, 9.17) is 9.83 Å². The van der Waals surface area contributed by atoms with Crippen molar-refractivity contribution >= 4 is 166 Å². The van der Waals surface area contributed by atoms with Crippen LogP contribution in [0, 0.1) is 17.9 Å². The van der Waals surface area contributed by atoms with E-state index >= 15 is 0 Å². The van der Waals surface area contributed by atoms with E-state index < -0.39 is 0 Å². The number of rotatable bonds is 4. The molecule has 0 radical (unpaired) electrons. The molecule has 0 N–H and O–H groups in total. The predicted octanol–water partition coefficient (Wildman–Crippen LogP) is 19.6. The van der Waals surface area contributed by atoms with E-state index in [0.717, 1.165) is 101 Å². The number of pyridine rings is 1. The highest BCUT2D eigenvalue weighted by atomic mass is 32.1. The van der Waals surface area contributed by atoms with Crippen molar-refractivity contribution in [2.24, 2.45) is 0 Å². The lowest BCUT2D eigenvalue weighted by atomic mass is 9.95. The van der Waals surface area contributed by atoms with Crippen molar-refractivity contribution in [2.45, 2.75) is 0 Å². The predicted molar refractivity (Wildman–Crippen MR) is 322 cm³/mol. The molecule has 0 saturated carbocycles. The first-order valence-electron chi connectivity index (χ1n) is 25.1. The second-order valence-electron chi connectivity index (χ2n) is 19.5. The third-order valence-corrected chi connectivity index (χ3v) is 19.3. The Morgan fingerprint density at radius 3 is 1.16 bits per heavy atom. The number of nitriles is 1. The van der Waals surface area contributed by atoms with E-state index in [1.807, 2.05) is 24.4 Å². The zero-order chi connectivity index (χ0) is 49.9. The van der Waals surface area contributed by atoms with Gasteiger partial charge in [-0.3, -0.25) is 4.98 Å². The fourth-order valence-electron chi connectivity index (χ4n) is 12.7. The molecule has 0 atom stereocenters. The molecule has 17 aromatic rings. The number of aromatic nitrogens is 4. The second kappa shape index (κ2) is 15.5. The van der Waals surface area contributed by atoms with E-state index in [1.165, 1.54) is 30.3 Å². The normalized spacial score (nSPS) is 12.2. The number of thiophene rings is 3. The summed E-state index contributed by atoms with van der Waals surface area (Å²) in [6, 6.07) is 74.0. The number of hydrogen-bond donors (Lipinski definition) is 0. The number of nitrogens with zero attached hydrogens (tertiary/aromatic N) is 6. The Kier molecular flexibility index (Phi) is 8.51. The van der Waals surface area contributed by atoms with Gasteiger partial charge in [0.25, 0.3) is 0 Å². The molecule has 0 amide bonds. The SMILES string of the molecule is [C-]#[N+]c1c(-n2c3ccccc3c3ccc4c5ccccc5sc4c32)c(C#N)c(-c2ccccn2)c(-n2c3ccccc3c3ccc4c5ccccc5sc4c32)c1-n1c2ccccc2c2ccc3c4ccccc4sc3c21. The summed E-state index contributed by atoms with van der Waals surface area (Å²) in [6.07, 6.45) is 1.82. The second-order valence-corrected chi connectivity index (χ2v) is 22.6. The first-order valence-corrected chi connectivity index (χ1v) is 27.6. The zero-order valence-electron chi connectivity index (χ0n) is 40.0. The first kappa shape index (κ1) is 41.8. The van der Waals surface area contributed by atoms with Crippen LogP contribution in [-0.2, 0) is 0 Å². The van der Waals surface area contributed by atoms with E-state index in [-0.39, 0.29) is 0 Å². The van der Waals surface area contributed by atoms with E-state index in [0.29, 0.717) is 33.9 Å². The minimum Gasteiger partial charge on any atom is -0.316 e. The lowest BCUT2D eigenvalue weighted by Crippen LogP contribution is -2.12. The van der Waals surface area contributed by atoms with Crippen LogP contribution < -0.4 is 0 Å². The number of fused-ring (bicyclic) bond motifs is 21. The topological polar surface area (TPSA) is 55.8 Å². The van der Waals surface area contributed by atoms with Crippen LogP contribution >= 0.6 is 34.0 Å². The van der Waals surface area contributed by atoms with Gasteiger partial charge in [0.2, 0.25) is 5.69 Å². The number of para-hydroxylation sites is 3. The van der Waals surface area contributed by atoms with Gasteiger partial charge in [-0.1, -0.05) is 152 Å². The molecule has 7 aromatic heterocycles. The molecule has 0 bridgehead atoms. The molecule has 350 valence electrons. The number of benzene rings is 10. The minimum absolute atomic E-state index is 0.363. The molecule has 10 aromatic carbocycles. The summed E-state index contributed by atoms with van der Waals surface area (Å²) >= 11 is 5.33. The van der Waals surface area contributed by atoms with Gasteiger partial charge in [-0.05, 0) is 48.5 Å². The summed E-state index contributed by atoms with van der Waals surface area (Å²) in [5.41, 5.74) is 9.74. The van der Waals surface area contributed by atoms with Gasteiger partial charge in [0, 0.05) is 90.5 Å². The average Bonchev–Trinajstić information content (AvgIpc) is 4.51. The Morgan fingerprint density at radius 2 is 0.750 bits per heavy atom. The largest absolute Gasteiger partial charge is 0.316 e. The van der Waals surface area contributed by atoms with E-state index in [1.54, 1.807) is 34.0 Å². The molecule has 6 nitrogen and oxygen atoms in total. The van der Waals surface area contributed by atoms with Gasteiger partial charge in [0.05, 0.1) is 82.1 Å². The van der Waals surface area contributed by atoms with Gasteiger partial charge in [0.15, 0.2) is 0 Å². The van der Waals surface area contributed by atoms with E-state index in [9.17, 15) is 11.8 Å². The highest BCUT2D eigenvalue weighted by Gasteiger charge is 2.35. The Bertz CT molecular complexity index is 5510. The Balaban J connectivity index is 1.19. The van der Waals surface area contributed by atoms with Gasteiger partial charge in [-0.2, -0.15) is 5.26 Å². The standard InChI is InChI=1S/C67H34N6S3/c1-69-58-59(71-51-23-8-2-16-37(51)43-29-32-46-40-19-5-11-26-54(40)74-65(46)60(43)71)49(36-68)57(50-22-14-15-35-70-50)63(72-52-24-9-3-17-38(52)44-30-33-47-41-20-6-12-27-55(41)75-66(47)61(44)72)64(58)73-53-25-10-4-18-39(53)45-31-34-48-42-21-7-13-28-56(42)76-67(48)62(45)73/h2-35H. The van der Waals surface area contributed by atoms with Crippen molar-refractivity contribution in [1.82, 2.24) is 18.7 Å². The lowest BCUT2D eigenvalue weighted by molar-refractivity contribution is 1.08. The summed E-state index contributed by atoms with van der Waals surface area (Å²) in [7, 11) is 0. The Labute approximate surface area is 444 Å². The maximum Gasteiger partial charge on any atom is 0.237 e. The summed E-state index contributed by atoms with van der Waals surface area (Å²) in [4.78, 5) is 10.1. The molecule has 9 heteroatoms. The third kappa shape index (κ3) is 5.38. The van der Waals surface area contributed by atoms with Crippen molar-refractivity contribution < 1.29 is 0 Å². The zero-order valence-corrected chi connectivity index (χ0v) is 42.5. The molecule has 0 aliphatic carbocycles. The van der Waals surface area contributed by atoms with Gasteiger partial charge >= 0.3 is 0 Å². The van der Waals surface area contributed by atoms with Crippen molar-refractivity contribution in [3.63, 3.8) is 0 Å². The van der Waals surface area contributed by atoms with Crippen molar-refractivity contribution in [3.8, 4) is 34.4 Å². The Hall–Kier alpha value is -9.61. The average molecular weight is 1020 g/mol. The van der Waals surface area contributed by atoms with Gasteiger partial charge in [-0.25, -0.2) is 4.85 Å². The van der Waals surface area contributed by atoms with Crippen LogP contribution in [0.25, 0.3) is 159 Å². The fraction of sp³-hybridized carbons (Fsp3) is 0. The van der Waals surface area contributed by atoms with Crippen LogP contribution in [0.5, 0.6) is 0 Å². The quantitative estimate of drug-likeness (QED) is 0.165. The monoisotopic (exact) mass is 1020 g/mol. The van der Waals surface area contributed by atoms with Crippen molar-refractivity contribution in [1.29, 1.82) is 5.26 Å². The van der Waals surface area contributed by atoms with Crippen LogP contribution in [0.1, 0.15) is 5.56 Å². The summed E-state index contributed by atoms with van der Waals surface area (Å²) < 4.78 is 13.9. The summed E-state index contributed by atoms with van der Waals surface area (Å²) in [5.74, 6) is 0. The van der Waals surface area contributed by atoms with E-state index in [2.05, 4.69) is 202 Å². The maximum absolute atomic E-state index is 12.4. The highest BCUT2D eigenvalue weighted by molar-refractivity contribution is 7.27. The van der Waals surface area contributed by atoms with Crippen LogP contribution in [0.4, 0.5) is 5.69 Å². The molecular formula is C67H34N6S3. The molecule has 76 heavy (non-hydrogen) atoms. The molecular weight excluding hydrogens is 985 g/mol. The van der Waals surface area contributed by atoms with Gasteiger partial charge in [0.1, 0.15) is 6.07 Å². The summed E-state index contributed by atoms with van der Waals surface area (Å²) in [6.45, 7) is 9.93. The molecule has 0 aliphatic rings. The van der Waals surface area contributed by atoms with Crippen LogP contribution in [0.2, 0.25) is 0 Å². The minimum atomic E-state index is 0.363. The molecule has 17 rings (SSSR count). The van der Waals surface area contributed by atoms with Crippen molar-refractivity contribution in [2.75, 3.05) is 0 Å². The molecule has 0 unspecified atom stereocenters. The van der Waals surface area contributed by atoms with Crippen molar-refractivity contribution in [3.05, 3.63) is 223 Å². The lowest BCUT2D eigenvalue weighted by Gasteiger charge is -2.26. The molecule has 0 spiro atoms. The third-order valence-electron chi connectivity index (χ3n) is 15.8. The molecule has 7 heterocycles. The first-order chi connectivity index (χ1) is 37.7.